The summed E-state index contributed by atoms with van der Waals surface area (Å²) in [5, 5.41) is 0. The Labute approximate surface area is 140 Å². The predicted molar refractivity (Wildman–Crippen MR) is 90.9 cm³/mol. The van der Waals surface area contributed by atoms with Crippen molar-refractivity contribution in [2.24, 2.45) is 0 Å². The minimum Gasteiger partial charge on any atom is -0.464 e. The summed E-state index contributed by atoms with van der Waals surface area (Å²) in [4.78, 5) is 24.9. The number of carbonyl (C=O) groups is 2. The summed E-state index contributed by atoms with van der Waals surface area (Å²) in [5.41, 5.74) is 9.04. The van der Waals surface area contributed by atoms with E-state index in [4.69, 9.17) is 4.74 Å². The molecule has 0 radical (unpaired) electrons. The van der Waals surface area contributed by atoms with Gasteiger partial charge in [0.2, 0.25) is 0 Å². The molecule has 2 aromatic carbocycles. The minimum atomic E-state index is -0.663. The molecular weight excluding hydrogens is 304 g/mol. The van der Waals surface area contributed by atoms with Crippen LogP contribution >= 0.6 is 0 Å². The van der Waals surface area contributed by atoms with Gasteiger partial charge in [0.05, 0.1) is 7.11 Å². The average molecular weight is 322 g/mol. The van der Waals surface area contributed by atoms with Crippen LogP contribution in [-0.2, 0) is 9.53 Å². The van der Waals surface area contributed by atoms with Crippen molar-refractivity contribution in [2.75, 3.05) is 7.11 Å². The molecule has 24 heavy (non-hydrogen) atoms. The highest BCUT2D eigenvalue weighted by molar-refractivity contribution is 6.12. The van der Waals surface area contributed by atoms with Crippen LogP contribution in [0.5, 0.6) is 0 Å². The highest BCUT2D eigenvalue weighted by atomic mass is 16.5. The fourth-order valence-corrected chi connectivity index (χ4v) is 2.70. The molecule has 0 amide bonds. The van der Waals surface area contributed by atoms with Gasteiger partial charge in [0.25, 0.3) is 0 Å². The van der Waals surface area contributed by atoms with E-state index in [1.807, 2.05) is 49.4 Å². The summed E-state index contributed by atoms with van der Waals surface area (Å²) < 4.78 is 4.83. The van der Waals surface area contributed by atoms with Crippen molar-refractivity contribution in [3.8, 4) is 0 Å². The highest BCUT2D eigenvalue weighted by Crippen LogP contribution is 2.28. The number of carbonyl (C=O) groups excluding carboxylic acids is 2. The number of methoxy groups -OCH3 is 1. The molecule has 1 aliphatic rings. The third-order valence-electron chi connectivity index (χ3n) is 3.97. The number of Topliss-reactive ketones (excluding diaryl/α,β-unsaturated/α-hetero) is 1. The monoisotopic (exact) mass is 322 g/mol. The number of ketones is 1. The molecule has 0 aromatic heterocycles. The van der Waals surface area contributed by atoms with Gasteiger partial charge in [-0.2, -0.15) is 0 Å². The van der Waals surface area contributed by atoms with Crippen molar-refractivity contribution < 1.29 is 14.3 Å². The van der Waals surface area contributed by atoms with E-state index < -0.39 is 12.0 Å². The largest absolute Gasteiger partial charge is 0.464 e. The fraction of sp³-hybridized carbons (Fsp3) is 0.158. The van der Waals surface area contributed by atoms with Gasteiger partial charge < -0.3 is 10.2 Å². The van der Waals surface area contributed by atoms with Crippen LogP contribution in [-0.4, -0.2) is 24.9 Å². The molecule has 0 bridgehead atoms. The first-order valence-corrected chi connectivity index (χ1v) is 7.62. The number of rotatable bonds is 4. The second kappa shape index (κ2) is 6.68. The summed E-state index contributed by atoms with van der Waals surface area (Å²) in [6.07, 6.45) is 0. The van der Waals surface area contributed by atoms with Crippen LogP contribution in [0.2, 0.25) is 0 Å². The number of ether oxygens (including phenoxy) is 1. The average Bonchev–Trinajstić information content (AvgIpc) is 3.06. The quantitative estimate of drug-likeness (QED) is 0.667. The molecule has 1 atom stereocenters. The molecule has 1 unspecified atom stereocenters. The van der Waals surface area contributed by atoms with Crippen molar-refractivity contribution in [3.05, 3.63) is 77.0 Å². The summed E-state index contributed by atoms with van der Waals surface area (Å²) in [6.45, 7) is 1.98. The van der Waals surface area contributed by atoms with Gasteiger partial charge in [-0.3, -0.25) is 4.79 Å². The number of hydrazine groups is 1. The van der Waals surface area contributed by atoms with Gasteiger partial charge in [0.15, 0.2) is 5.78 Å². The molecule has 1 aliphatic heterocycles. The Balaban J connectivity index is 2.06. The van der Waals surface area contributed by atoms with E-state index in [-0.39, 0.29) is 11.5 Å². The van der Waals surface area contributed by atoms with E-state index in [9.17, 15) is 9.59 Å². The minimum absolute atomic E-state index is 0.113. The van der Waals surface area contributed by atoms with Crippen molar-refractivity contribution >= 4 is 17.3 Å². The predicted octanol–water partition coefficient (Wildman–Crippen LogP) is 2.24. The zero-order valence-electron chi connectivity index (χ0n) is 13.5. The van der Waals surface area contributed by atoms with Gasteiger partial charge >= 0.3 is 5.97 Å². The Morgan fingerprint density at radius 3 is 2.29 bits per heavy atom. The number of aryl methyl sites for hydroxylation is 1. The molecule has 5 heteroatoms. The van der Waals surface area contributed by atoms with Gasteiger partial charge in [-0.1, -0.05) is 60.2 Å². The van der Waals surface area contributed by atoms with Gasteiger partial charge in [-0.25, -0.2) is 10.2 Å². The lowest BCUT2D eigenvalue weighted by Crippen LogP contribution is -2.39. The first-order valence-electron chi connectivity index (χ1n) is 7.62. The Morgan fingerprint density at radius 1 is 1.00 bits per heavy atom. The summed E-state index contributed by atoms with van der Waals surface area (Å²) in [7, 11) is 1.32. The second-order valence-electron chi connectivity index (χ2n) is 5.58. The highest BCUT2D eigenvalue weighted by Gasteiger charge is 2.35. The summed E-state index contributed by atoms with van der Waals surface area (Å²) in [6, 6.07) is 16.0. The molecule has 2 N–H and O–H groups in total. The third kappa shape index (κ3) is 2.94. The lowest BCUT2D eigenvalue weighted by atomic mass is 9.92. The lowest BCUT2D eigenvalue weighted by molar-refractivity contribution is -0.136. The molecule has 0 aliphatic carbocycles. The molecule has 1 heterocycles. The standard InChI is InChI=1S/C19H18N2O3/c1-12-8-10-13(11-9-12)15-16(20-21-17(15)19(23)24-2)18(22)14-6-4-3-5-7-14/h3-11,16,20-21H,1-2H3. The first-order chi connectivity index (χ1) is 11.6. The van der Waals surface area contributed by atoms with Crippen molar-refractivity contribution in [3.63, 3.8) is 0 Å². The maximum Gasteiger partial charge on any atom is 0.355 e. The number of hydrogen-bond donors (Lipinski definition) is 2. The molecule has 0 saturated carbocycles. The molecule has 0 spiro atoms. The van der Waals surface area contributed by atoms with E-state index >= 15 is 0 Å². The maximum absolute atomic E-state index is 12.9. The van der Waals surface area contributed by atoms with Crippen LogP contribution in [0.4, 0.5) is 0 Å². The number of hydrogen-bond acceptors (Lipinski definition) is 5. The third-order valence-corrected chi connectivity index (χ3v) is 3.97. The summed E-state index contributed by atoms with van der Waals surface area (Å²) >= 11 is 0. The molecule has 2 aromatic rings. The van der Waals surface area contributed by atoms with Crippen LogP contribution in [0, 0.1) is 6.92 Å². The molecule has 0 saturated heterocycles. The topological polar surface area (TPSA) is 67.4 Å². The molecule has 122 valence electrons. The van der Waals surface area contributed by atoms with Gasteiger partial charge in [-0.05, 0) is 12.5 Å². The molecular formula is C19H18N2O3. The fourth-order valence-electron chi connectivity index (χ4n) is 2.70. The lowest BCUT2D eigenvalue weighted by Gasteiger charge is -2.14. The van der Waals surface area contributed by atoms with Crippen molar-refractivity contribution in [1.29, 1.82) is 0 Å². The van der Waals surface area contributed by atoms with Crippen molar-refractivity contribution in [1.82, 2.24) is 10.9 Å². The van der Waals surface area contributed by atoms with E-state index in [1.54, 1.807) is 12.1 Å². The maximum atomic E-state index is 12.9. The Morgan fingerprint density at radius 2 is 1.67 bits per heavy atom. The van der Waals surface area contributed by atoms with E-state index in [0.717, 1.165) is 11.1 Å². The van der Waals surface area contributed by atoms with Crippen molar-refractivity contribution in [2.45, 2.75) is 13.0 Å². The van der Waals surface area contributed by atoms with Crippen LogP contribution in [0.1, 0.15) is 21.5 Å². The van der Waals surface area contributed by atoms with Crippen LogP contribution < -0.4 is 10.9 Å². The van der Waals surface area contributed by atoms with Crippen LogP contribution in [0.25, 0.3) is 5.57 Å². The molecule has 0 fully saturated rings. The summed E-state index contributed by atoms with van der Waals surface area (Å²) in [5.74, 6) is -0.626. The SMILES string of the molecule is COC(=O)C1=C(c2ccc(C)cc2)C(C(=O)c2ccccc2)NN1. The zero-order valence-corrected chi connectivity index (χ0v) is 13.5. The Hall–Kier alpha value is -2.92. The molecule has 3 rings (SSSR count). The van der Waals surface area contributed by atoms with E-state index in [1.165, 1.54) is 7.11 Å². The molecule has 5 nitrogen and oxygen atoms in total. The Kier molecular flexibility index (Phi) is 4.44. The number of esters is 1. The van der Waals surface area contributed by atoms with E-state index in [2.05, 4.69) is 10.9 Å². The van der Waals surface area contributed by atoms with Crippen LogP contribution in [0.15, 0.2) is 60.3 Å². The zero-order chi connectivity index (χ0) is 17.1. The van der Waals surface area contributed by atoms with Crippen LogP contribution in [0.3, 0.4) is 0 Å². The number of benzene rings is 2. The van der Waals surface area contributed by atoms with Gasteiger partial charge in [0.1, 0.15) is 11.7 Å². The first kappa shape index (κ1) is 16.0. The smallest absolute Gasteiger partial charge is 0.355 e. The second-order valence-corrected chi connectivity index (χ2v) is 5.58. The Bertz CT molecular complexity index is 795. The van der Waals surface area contributed by atoms with E-state index in [0.29, 0.717) is 11.1 Å². The normalized spacial score (nSPS) is 16.7. The number of nitrogens with one attached hydrogen (secondary N) is 2. The van der Waals surface area contributed by atoms with Gasteiger partial charge in [0, 0.05) is 11.1 Å². The van der Waals surface area contributed by atoms with Gasteiger partial charge in [-0.15, -0.1) is 0 Å².